The number of ether oxygens (including phenoxy) is 2. The van der Waals surface area contributed by atoms with Gasteiger partial charge in [0.25, 0.3) is 0 Å². The zero-order valence-electron chi connectivity index (χ0n) is 11.3. The highest BCUT2D eigenvalue weighted by atomic mass is 16.5. The Hall–Kier alpha value is -0.950. The maximum atomic E-state index is 5.47. The van der Waals surface area contributed by atoms with Crippen molar-refractivity contribution in [2.75, 3.05) is 52.6 Å². The van der Waals surface area contributed by atoms with Gasteiger partial charge in [-0.3, -0.25) is 9.80 Å². The summed E-state index contributed by atoms with van der Waals surface area (Å²) < 4.78 is 13.1. The Bertz CT molecular complexity index is 341. The van der Waals surface area contributed by atoms with Gasteiger partial charge in [0.15, 0.2) is 0 Å². The van der Waals surface area contributed by atoms with Crippen LogP contribution in [0.15, 0.2) is 18.7 Å². The molecule has 1 aromatic heterocycles. The Balaban J connectivity index is 1.69. The van der Waals surface area contributed by atoms with Crippen molar-refractivity contribution in [3.05, 3.63) is 18.7 Å². The van der Waals surface area contributed by atoms with Gasteiger partial charge >= 0.3 is 0 Å². The van der Waals surface area contributed by atoms with E-state index in [2.05, 4.69) is 19.4 Å². The topological polar surface area (TPSA) is 42.8 Å². The Labute approximate surface area is 113 Å². The van der Waals surface area contributed by atoms with Crippen LogP contribution in [0.3, 0.4) is 0 Å². The fraction of sp³-hybridized carbons (Fsp3) is 0.769. The molecule has 2 aliphatic heterocycles. The third kappa shape index (κ3) is 3.33. The highest BCUT2D eigenvalue weighted by Gasteiger charge is 2.28. The molecule has 0 saturated carbocycles. The second-order valence-electron chi connectivity index (χ2n) is 5.04. The molecule has 2 fully saturated rings. The summed E-state index contributed by atoms with van der Waals surface area (Å²) >= 11 is 0. The Kier molecular flexibility index (Phi) is 4.45. The fourth-order valence-electron chi connectivity index (χ4n) is 2.80. The number of aromatic nitrogens is 2. The van der Waals surface area contributed by atoms with Gasteiger partial charge < -0.3 is 14.0 Å². The van der Waals surface area contributed by atoms with E-state index >= 15 is 0 Å². The third-order valence-corrected chi connectivity index (χ3v) is 3.87. The molecule has 2 saturated heterocycles. The van der Waals surface area contributed by atoms with Crippen LogP contribution in [0, 0.1) is 0 Å². The Morgan fingerprint density at radius 2 is 1.53 bits per heavy atom. The van der Waals surface area contributed by atoms with Crippen LogP contribution in [0.25, 0.3) is 0 Å². The molecule has 0 spiro atoms. The summed E-state index contributed by atoms with van der Waals surface area (Å²) in [7, 11) is 0. The molecule has 0 radical (unpaired) electrons. The Morgan fingerprint density at radius 1 is 0.947 bits per heavy atom. The summed E-state index contributed by atoms with van der Waals surface area (Å²) in [6.07, 6.45) is 6.19. The van der Waals surface area contributed by atoms with Crippen LogP contribution < -0.4 is 0 Å². The van der Waals surface area contributed by atoms with Crippen LogP contribution in [0.5, 0.6) is 0 Å². The second kappa shape index (κ2) is 6.47. The molecule has 0 amide bonds. The van der Waals surface area contributed by atoms with Crippen LogP contribution >= 0.6 is 0 Å². The van der Waals surface area contributed by atoms with Crippen LogP contribution in [0.1, 0.15) is 0 Å². The lowest BCUT2D eigenvalue weighted by molar-refractivity contribution is -0.0711. The van der Waals surface area contributed by atoms with Gasteiger partial charge in [0.2, 0.25) is 0 Å². The van der Waals surface area contributed by atoms with E-state index in [0.717, 1.165) is 59.2 Å². The molecule has 0 bridgehead atoms. The average molecular weight is 266 g/mol. The van der Waals surface area contributed by atoms with Crippen LogP contribution in [0.2, 0.25) is 0 Å². The lowest BCUT2D eigenvalue weighted by atomic mass is 10.2. The zero-order chi connectivity index (χ0) is 12.9. The number of morpholine rings is 2. The first-order chi connectivity index (χ1) is 9.43. The maximum absolute atomic E-state index is 5.47. The largest absolute Gasteiger partial charge is 0.379 e. The molecular formula is C13H22N4O2. The number of rotatable bonds is 4. The molecular weight excluding hydrogens is 244 g/mol. The van der Waals surface area contributed by atoms with Gasteiger partial charge in [0, 0.05) is 38.6 Å². The summed E-state index contributed by atoms with van der Waals surface area (Å²) in [5.41, 5.74) is 0. The molecule has 106 valence electrons. The standard InChI is InChI=1S/C13H22N4O2/c1-2-15(12-14-1)11-13(16-3-7-18-8-4-16)17-5-9-19-10-6-17/h1-2,12-13H,3-11H2. The molecule has 2 aliphatic rings. The zero-order valence-corrected chi connectivity index (χ0v) is 11.3. The molecule has 0 aliphatic carbocycles. The van der Waals surface area contributed by atoms with Crippen LogP contribution in [-0.2, 0) is 16.0 Å². The highest BCUT2D eigenvalue weighted by molar-refractivity contribution is 4.82. The monoisotopic (exact) mass is 266 g/mol. The molecule has 19 heavy (non-hydrogen) atoms. The predicted octanol–water partition coefficient (Wildman–Crippen LogP) is -0.126. The van der Waals surface area contributed by atoms with Crippen molar-refractivity contribution in [1.82, 2.24) is 19.4 Å². The summed E-state index contributed by atoms with van der Waals surface area (Å²) in [5.74, 6) is 0. The predicted molar refractivity (Wildman–Crippen MR) is 70.8 cm³/mol. The lowest BCUT2D eigenvalue weighted by Crippen LogP contribution is -2.56. The van der Waals surface area contributed by atoms with Crippen molar-refractivity contribution in [3.63, 3.8) is 0 Å². The summed E-state index contributed by atoms with van der Waals surface area (Å²) in [6.45, 7) is 8.35. The van der Waals surface area contributed by atoms with E-state index in [1.165, 1.54) is 0 Å². The molecule has 0 aromatic carbocycles. The van der Waals surface area contributed by atoms with Gasteiger partial charge in [0.1, 0.15) is 0 Å². The molecule has 1 aromatic rings. The summed E-state index contributed by atoms with van der Waals surface area (Å²) in [5, 5.41) is 0. The quantitative estimate of drug-likeness (QED) is 0.760. The fourth-order valence-corrected chi connectivity index (χ4v) is 2.80. The number of imidazole rings is 1. The Morgan fingerprint density at radius 3 is 2.00 bits per heavy atom. The van der Waals surface area contributed by atoms with Gasteiger partial charge in [-0.2, -0.15) is 0 Å². The maximum Gasteiger partial charge on any atom is 0.0946 e. The van der Waals surface area contributed by atoms with Crippen molar-refractivity contribution in [3.8, 4) is 0 Å². The highest BCUT2D eigenvalue weighted by Crippen LogP contribution is 2.13. The van der Waals surface area contributed by atoms with Crippen molar-refractivity contribution in [2.45, 2.75) is 12.7 Å². The number of hydrogen-bond donors (Lipinski definition) is 0. The molecule has 0 atom stereocenters. The average Bonchev–Trinajstić information content (AvgIpc) is 3.00. The van der Waals surface area contributed by atoms with Crippen molar-refractivity contribution in [1.29, 1.82) is 0 Å². The van der Waals surface area contributed by atoms with Crippen molar-refractivity contribution in [2.24, 2.45) is 0 Å². The minimum absolute atomic E-state index is 0.419. The molecule has 0 unspecified atom stereocenters. The second-order valence-corrected chi connectivity index (χ2v) is 5.04. The number of nitrogens with zero attached hydrogens (tertiary/aromatic N) is 4. The molecule has 3 heterocycles. The van der Waals surface area contributed by atoms with E-state index in [4.69, 9.17) is 9.47 Å². The van der Waals surface area contributed by atoms with Gasteiger partial charge in [-0.05, 0) is 0 Å². The first-order valence-corrected chi connectivity index (χ1v) is 7.03. The van der Waals surface area contributed by atoms with Crippen LogP contribution in [-0.4, -0.2) is 78.1 Å². The van der Waals surface area contributed by atoms with E-state index in [9.17, 15) is 0 Å². The minimum Gasteiger partial charge on any atom is -0.379 e. The van der Waals surface area contributed by atoms with Crippen LogP contribution in [0.4, 0.5) is 0 Å². The SMILES string of the molecule is c1cn(CC(N2CCOCC2)N2CCOCC2)cn1. The van der Waals surface area contributed by atoms with Crippen molar-refractivity contribution < 1.29 is 9.47 Å². The van der Waals surface area contributed by atoms with E-state index in [1.54, 1.807) is 0 Å². The summed E-state index contributed by atoms with van der Waals surface area (Å²) in [6, 6.07) is 0. The molecule has 6 nitrogen and oxygen atoms in total. The van der Waals surface area contributed by atoms with Gasteiger partial charge in [-0.15, -0.1) is 0 Å². The smallest absolute Gasteiger partial charge is 0.0946 e. The van der Waals surface area contributed by atoms with Gasteiger partial charge in [-0.1, -0.05) is 0 Å². The minimum atomic E-state index is 0.419. The molecule has 6 heteroatoms. The molecule has 0 N–H and O–H groups in total. The van der Waals surface area contributed by atoms with E-state index in [0.29, 0.717) is 6.17 Å². The lowest BCUT2D eigenvalue weighted by Gasteiger charge is -2.42. The normalized spacial score (nSPS) is 23.0. The van der Waals surface area contributed by atoms with Gasteiger partial charge in [0.05, 0.1) is 45.5 Å². The first kappa shape index (κ1) is 13.1. The third-order valence-electron chi connectivity index (χ3n) is 3.87. The summed E-state index contributed by atoms with van der Waals surface area (Å²) in [4.78, 5) is 9.19. The molecule has 3 rings (SSSR count). The van der Waals surface area contributed by atoms with E-state index in [-0.39, 0.29) is 0 Å². The van der Waals surface area contributed by atoms with Crippen molar-refractivity contribution >= 4 is 0 Å². The van der Waals surface area contributed by atoms with E-state index in [1.807, 2.05) is 18.7 Å². The first-order valence-electron chi connectivity index (χ1n) is 7.03. The number of hydrogen-bond acceptors (Lipinski definition) is 5. The van der Waals surface area contributed by atoms with E-state index < -0.39 is 0 Å². The van der Waals surface area contributed by atoms with Gasteiger partial charge in [-0.25, -0.2) is 4.98 Å².